The fourth-order valence-electron chi connectivity index (χ4n) is 2.39. The molecule has 1 amide bonds. The summed E-state index contributed by atoms with van der Waals surface area (Å²) in [5.74, 6) is -0.183. The van der Waals surface area contributed by atoms with E-state index in [1.807, 2.05) is 19.2 Å². The number of aromatic nitrogens is 4. The number of hydrogen-bond donors (Lipinski definition) is 0. The Morgan fingerprint density at radius 3 is 2.74 bits per heavy atom. The van der Waals surface area contributed by atoms with Gasteiger partial charge in [0.25, 0.3) is 0 Å². The van der Waals surface area contributed by atoms with Gasteiger partial charge in [-0.15, -0.1) is 0 Å². The number of carbonyl (C=O) groups is 1. The van der Waals surface area contributed by atoms with Gasteiger partial charge in [0.1, 0.15) is 17.9 Å². The summed E-state index contributed by atoms with van der Waals surface area (Å²) >= 11 is 0. The predicted molar refractivity (Wildman–Crippen MR) is 82.7 cm³/mol. The summed E-state index contributed by atoms with van der Waals surface area (Å²) in [5.41, 5.74) is 1.06. The Labute approximate surface area is 133 Å². The Hall–Kier alpha value is -2.71. The van der Waals surface area contributed by atoms with E-state index in [9.17, 15) is 14.9 Å². The minimum atomic E-state index is -0.623. The summed E-state index contributed by atoms with van der Waals surface area (Å²) in [7, 11) is 1.68. The third-order valence-electron chi connectivity index (χ3n) is 3.73. The quantitative estimate of drug-likeness (QED) is 0.594. The van der Waals surface area contributed by atoms with Crippen molar-refractivity contribution in [1.29, 1.82) is 0 Å². The summed E-state index contributed by atoms with van der Waals surface area (Å²) in [6.07, 6.45) is 3.03. The average molecular weight is 320 g/mol. The Morgan fingerprint density at radius 2 is 2.22 bits per heavy atom. The maximum absolute atomic E-state index is 12.5. The van der Waals surface area contributed by atoms with Gasteiger partial charge >= 0.3 is 5.69 Å². The summed E-state index contributed by atoms with van der Waals surface area (Å²) in [5, 5.41) is 19.2. The fourth-order valence-corrected chi connectivity index (χ4v) is 2.39. The number of likely N-dealkylation sites (N-methyl/N-ethyl adjacent to an activating group) is 1. The molecule has 0 bridgehead atoms. The highest BCUT2D eigenvalue weighted by atomic mass is 16.6. The first-order valence-electron chi connectivity index (χ1n) is 7.31. The van der Waals surface area contributed by atoms with Gasteiger partial charge in [-0.1, -0.05) is 0 Å². The molecule has 9 nitrogen and oxygen atoms in total. The minimum absolute atomic E-state index is 0.0889. The van der Waals surface area contributed by atoms with Crippen molar-refractivity contribution in [3.63, 3.8) is 0 Å². The van der Waals surface area contributed by atoms with E-state index in [0.717, 1.165) is 12.2 Å². The largest absolute Gasteiger partial charge is 0.338 e. The zero-order chi connectivity index (χ0) is 17.1. The fraction of sp³-hybridized carbons (Fsp3) is 0.500. The number of rotatable bonds is 6. The van der Waals surface area contributed by atoms with Crippen LogP contribution in [0.2, 0.25) is 0 Å². The SMILES string of the molecule is CCn1ccc(CN(C)C(=O)C(C)n2ncc([N+](=O)[O-])c2C)n1. The van der Waals surface area contributed by atoms with Crippen LogP contribution in [0.25, 0.3) is 0 Å². The third kappa shape index (κ3) is 3.38. The molecule has 0 spiro atoms. The van der Waals surface area contributed by atoms with E-state index in [1.165, 1.54) is 10.9 Å². The van der Waals surface area contributed by atoms with Crippen LogP contribution in [-0.2, 0) is 17.9 Å². The molecule has 0 fully saturated rings. The van der Waals surface area contributed by atoms with Crippen molar-refractivity contribution in [2.24, 2.45) is 0 Å². The number of carbonyl (C=O) groups excluding carboxylic acids is 1. The molecule has 124 valence electrons. The van der Waals surface area contributed by atoms with Gasteiger partial charge in [0.05, 0.1) is 17.2 Å². The minimum Gasteiger partial charge on any atom is -0.338 e. The molecular weight excluding hydrogens is 300 g/mol. The second-order valence-electron chi connectivity index (χ2n) is 5.35. The Kier molecular flexibility index (Phi) is 4.77. The Bertz CT molecular complexity index is 720. The first kappa shape index (κ1) is 16.7. The Morgan fingerprint density at radius 1 is 1.52 bits per heavy atom. The van der Waals surface area contributed by atoms with Crippen LogP contribution in [0.4, 0.5) is 5.69 Å². The van der Waals surface area contributed by atoms with Crippen LogP contribution in [0.5, 0.6) is 0 Å². The van der Waals surface area contributed by atoms with Gasteiger partial charge < -0.3 is 4.90 Å². The van der Waals surface area contributed by atoms with Crippen molar-refractivity contribution >= 4 is 11.6 Å². The number of amides is 1. The molecule has 2 heterocycles. The van der Waals surface area contributed by atoms with E-state index in [4.69, 9.17) is 0 Å². The highest BCUT2D eigenvalue weighted by Gasteiger charge is 2.26. The maximum atomic E-state index is 12.5. The topological polar surface area (TPSA) is 99.1 Å². The lowest BCUT2D eigenvalue weighted by atomic mass is 10.2. The smallest absolute Gasteiger partial charge is 0.309 e. The van der Waals surface area contributed by atoms with E-state index in [1.54, 1.807) is 30.5 Å². The zero-order valence-electron chi connectivity index (χ0n) is 13.6. The second kappa shape index (κ2) is 6.59. The molecule has 2 aromatic heterocycles. The molecule has 0 aromatic carbocycles. The molecule has 0 aliphatic heterocycles. The predicted octanol–water partition coefficient (Wildman–Crippen LogP) is 1.54. The third-order valence-corrected chi connectivity index (χ3v) is 3.73. The Balaban J connectivity index is 2.10. The lowest BCUT2D eigenvalue weighted by Gasteiger charge is -2.21. The van der Waals surface area contributed by atoms with Crippen molar-refractivity contribution in [2.75, 3.05) is 7.05 Å². The molecule has 0 radical (unpaired) electrons. The average Bonchev–Trinajstić information content (AvgIpc) is 3.12. The molecule has 0 saturated carbocycles. The van der Waals surface area contributed by atoms with Gasteiger partial charge in [-0.2, -0.15) is 10.2 Å². The standard InChI is InChI=1S/C14H20N6O3/c1-5-18-7-6-12(16-18)9-17(4)14(21)11(3)19-10(2)13(8-15-19)20(22)23/h6-8,11H,5,9H2,1-4H3. The molecule has 9 heteroatoms. The first-order chi connectivity index (χ1) is 10.8. The summed E-state index contributed by atoms with van der Waals surface area (Å²) in [6, 6.07) is 1.24. The molecule has 23 heavy (non-hydrogen) atoms. The van der Waals surface area contributed by atoms with Crippen molar-refractivity contribution < 1.29 is 9.72 Å². The van der Waals surface area contributed by atoms with Crippen LogP contribution in [0.1, 0.15) is 31.3 Å². The number of nitro groups is 1. The highest BCUT2D eigenvalue weighted by molar-refractivity contribution is 5.79. The van der Waals surface area contributed by atoms with Crippen molar-refractivity contribution in [2.45, 2.75) is 39.9 Å². The van der Waals surface area contributed by atoms with Gasteiger partial charge in [0.2, 0.25) is 5.91 Å². The normalized spacial score (nSPS) is 12.2. The van der Waals surface area contributed by atoms with E-state index in [0.29, 0.717) is 12.2 Å². The molecule has 2 rings (SSSR count). The number of hydrogen-bond acceptors (Lipinski definition) is 5. The zero-order valence-corrected chi connectivity index (χ0v) is 13.6. The summed E-state index contributed by atoms with van der Waals surface area (Å²) in [4.78, 5) is 24.4. The second-order valence-corrected chi connectivity index (χ2v) is 5.35. The van der Waals surface area contributed by atoms with Gasteiger partial charge in [-0.3, -0.25) is 24.3 Å². The van der Waals surface area contributed by atoms with Gasteiger partial charge in [0, 0.05) is 19.8 Å². The monoisotopic (exact) mass is 320 g/mol. The van der Waals surface area contributed by atoms with E-state index >= 15 is 0 Å². The van der Waals surface area contributed by atoms with Crippen LogP contribution in [0.15, 0.2) is 18.5 Å². The van der Waals surface area contributed by atoms with Crippen LogP contribution in [0.3, 0.4) is 0 Å². The van der Waals surface area contributed by atoms with Crippen LogP contribution in [0, 0.1) is 17.0 Å². The van der Waals surface area contributed by atoms with Crippen LogP contribution < -0.4 is 0 Å². The van der Waals surface area contributed by atoms with E-state index in [2.05, 4.69) is 10.2 Å². The summed E-state index contributed by atoms with van der Waals surface area (Å²) < 4.78 is 3.17. The summed E-state index contributed by atoms with van der Waals surface area (Å²) in [6.45, 7) is 6.38. The molecule has 1 unspecified atom stereocenters. The number of nitrogens with zero attached hydrogens (tertiary/aromatic N) is 6. The lowest BCUT2D eigenvalue weighted by molar-refractivity contribution is -0.385. The van der Waals surface area contributed by atoms with E-state index < -0.39 is 11.0 Å². The highest BCUT2D eigenvalue weighted by Crippen LogP contribution is 2.21. The molecule has 0 aliphatic rings. The van der Waals surface area contributed by atoms with Crippen molar-refractivity contribution in [1.82, 2.24) is 24.5 Å². The van der Waals surface area contributed by atoms with Gasteiger partial charge in [-0.05, 0) is 26.8 Å². The van der Waals surface area contributed by atoms with Crippen molar-refractivity contribution in [3.05, 3.63) is 40.0 Å². The lowest BCUT2D eigenvalue weighted by Crippen LogP contribution is -2.33. The molecule has 0 N–H and O–H groups in total. The maximum Gasteiger partial charge on any atom is 0.309 e. The molecular formula is C14H20N6O3. The van der Waals surface area contributed by atoms with Crippen molar-refractivity contribution in [3.8, 4) is 0 Å². The molecule has 0 saturated heterocycles. The molecule has 2 aromatic rings. The molecule has 0 aliphatic carbocycles. The van der Waals surface area contributed by atoms with Crippen LogP contribution in [-0.4, -0.2) is 42.3 Å². The first-order valence-corrected chi connectivity index (χ1v) is 7.31. The van der Waals surface area contributed by atoms with Gasteiger partial charge in [0.15, 0.2) is 0 Å². The van der Waals surface area contributed by atoms with E-state index in [-0.39, 0.29) is 11.6 Å². The molecule has 1 atom stereocenters. The van der Waals surface area contributed by atoms with Crippen LogP contribution >= 0.6 is 0 Å². The number of aryl methyl sites for hydroxylation is 1. The van der Waals surface area contributed by atoms with Gasteiger partial charge in [-0.25, -0.2) is 0 Å².